The predicted octanol–water partition coefficient (Wildman–Crippen LogP) is 5.04. The number of ether oxygens (including phenoxy) is 1. The molecule has 0 fully saturated rings. The number of anilines is 1. The monoisotopic (exact) mass is 403 g/mol. The van der Waals surface area contributed by atoms with Gasteiger partial charge in [-0.15, -0.1) is 11.3 Å². The van der Waals surface area contributed by atoms with E-state index < -0.39 is 29.2 Å². The number of carbonyl (C=O) groups is 2. The van der Waals surface area contributed by atoms with Crippen LogP contribution in [0, 0.1) is 11.6 Å². The van der Waals surface area contributed by atoms with Gasteiger partial charge >= 0.3 is 5.97 Å². The standard InChI is InChI=1S/C20H15F2NO4S/c1-2-27-17-13(11-6-4-3-5-7-11)10-14(21)16(15(17)22)23-19(24)12-8-9-28-18(12)20(25)26/h3-10H,2H2,1H3,(H,23,24)(H,25,26). The molecule has 5 nitrogen and oxygen atoms in total. The number of hydrogen-bond acceptors (Lipinski definition) is 4. The predicted molar refractivity (Wildman–Crippen MR) is 102 cm³/mol. The first-order valence-corrected chi connectivity index (χ1v) is 9.14. The molecular formula is C20H15F2NO4S. The molecule has 1 amide bonds. The molecular weight excluding hydrogens is 388 g/mol. The molecule has 0 aliphatic carbocycles. The quantitative estimate of drug-likeness (QED) is 0.604. The average Bonchev–Trinajstić information content (AvgIpc) is 3.18. The molecule has 8 heteroatoms. The average molecular weight is 403 g/mol. The molecule has 0 saturated carbocycles. The molecule has 0 aliphatic rings. The Morgan fingerprint density at radius 1 is 1.18 bits per heavy atom. The Morgan fingerprint density at radius 2 is 1.89 bits per heavy atom. The van der Waals surface area contributed by atoms with Crippen LogP contribution in [-0.2, 0) is 0 Å². The lowest BCUT2D eigenvalue weighted by Gasteiger charge is -2.16. The highest BCUT2D eigenvalue weighted by Gasteiger charge is 2.25. The van der Waals surface area contributed by atoms with Crippen molar-refractivity contribution < 1.29 is 28.2 Å². The minimum Gasteiger partial charge on any atom is -0.490 e. The van der Waals surface area contributed by atoms with Crippen molar-refractivity contribution in [3.05, 3.63) is 69.9 Å². The van der Waals surface area contributed by atoms with Crippen molar-refractivity contribution in [2.24, 2.45) is 0 Å². The summed E-state index contributed by atoms with van der Waals surface area (Å²) in [7, 11) is 0. The number of aromatic carboxylic acids is 1. The van der Waals surface area contributed by atoms with E-state index in [-0.39, 0.29) is 28.4 Å². The molecule has 3 aromatic rings. The van der Waals surface area contributed by atoms with E-state index in [1.165, 1.54) is 11.4 Å². The van der Waals surface area contributed by atoms with Gasteiger partial charge in [0.05, 0.1) is 12.2 Å². The van der Waals surface area contributed by atoms with Gasteiger partial charge in [0.2, 0.25) is 0 Å². The summed E-state index contributed by atoms with van der Waals surface area (Å²) in [6.07, 6.45) is 0. The highest BCUT2D eigenvalue weighted by atomic mass is 32.1. The van der Waals surface area contributed by atoms with Crippen LogP contribution in [0.3, 0.4) is 0 Å². The summed E-state index contributed by atoms with van der Waals surface area (Å²) in [4.78, 5) is 23.3. The Balaban J connectivity index is 2.05. The van der Waals surface area contributed by atoms with Crippen molar-refractivity contribution in [2.75, 3.05) is 11.9 Å². The number of carboxylic acids is 1. The maximum Gasteiger partial charge on any atom is 0.346 e. The van der Waals surface area contributed by atoms with E-state index in [1.54, 1.807) is 37.3 Å². The third kappa shape index (κ3) is 3.72. The number of benzene rings is 2. The lowest BCUT2D eigenvalue weighted by molar-refractivity contribution is 0.0698. The van der Waals surface area contributed by atoms with Gasteiger partial charge in [0, 0.05) is 5.56 Å². The van der Waals surface area contributed by atoms with Gasteiger partial charge in [-0.3, -0.25) is 4.79 Å². The first-order valence-electron chi connectivity index (χ1n) is 8.26. The fourth-order valence-electron chi connectivity index (χ4n) is 2.67. The van der Waals surface area contributed by atoms with Crippen LogP contribution in [0.5, 0.6) is 5.75 Å². The zero-order valence-electron chi connectivity index (χ0n) is 14.7. The van der Waals surface area contributed by atoms with Gasteiger partial charge in [-0.25, -0.2) is 13.6 Å². The Morgan fingerprint density at radius 3 is 2.54 bits per heavy atom. The number of halogens is 2. The van der Waals surface area contributed by atoms with E-state index in [9.17, 15) is 14.0 Å². The molecule has 0 saturated heterocycles. The minimum atomic E-state index is -1.30. The number of hydrogen-bond donors (Lipinski definition) is 2. The normalized spacial score (nSPS) is 10.5. The molecule has 0 bridgehead atoms. The molecule has 3 rings (SSSR count). The Bertz CT molecular complexity index is 1030. The molecule has 2 aromatic carbocycles. The SMILES string of the molecule is CCOc1c(-c2ccccc2)cc(F)c(NC(=O)c2ccsc2C(=O)O)c1F. The van der Waals surface area contributed by atoms with Crippen molar-refractivity contribution in [2.45, 2.75) is 6.92 Å². The molecule has 2 N–H and O–H groups in total. The van der Waals surface area contributed by atoms with E-state index in [2.05, 4.69) is 5.32 Å². The zero-order chi connectivity index (χ0) is 20.3. The smallest absolute Gasteiger partial charge is 0.346 e. The topological polar surface area (TPSA) is 75.6 Å². The molecule has 0 atom stereocenters. The molecule has 0 spiro atoms. The molecule has 28 heavy (non-hydrogen) atoms. The second-order valence-corrected chi connectivity index (χ2v) is 6.56. The van der Waals surface area contributed by atoms with Crippen LogP contribution in [0.15, 0.2) is 47.8 Å². The number of thiophene rings is 1. The van der Waals surface area contributed by atoms with Gasteiger partial charge in [-0.05, 0) is 30.0 Å². The van der Waals surface area contributed by atoms with Crippen LogP contribution >= 0.6 is 11.3 Å². The minimum absolute atomic E-state index is 0.128. The van der Waals surface area contributed by atoms with E-state index in [0.29, 0.717) is 5.56 Å². The Labute approximate surface area is 163 Å². The third-order valence-electron chi connectivity index (χ3n) is 3.89. The second kappa shape index (κ2) is 8.18. The summed E-state index contributed by atoms with van der Waals surface area (Å²) >= 11 is 0.843. The molecule has 1 heterocycles. The number of carboxylic acid groups (broad SMARTS) is 1. The van der Waals surface area contributed by atoms with E-state index in [1.807, 2.05) is 0 Å². The van der Waals surface area contributed by atoms with Crippen LogP contribution in [0.25, 0.3) is 11.1 Å². The number of rotatable bonds is 6. The lowest BCUT2D eigenvalue weighted by Crippen LogP contribution is -2.17. The first kappa shape index (κ1) is 19.5. The summed E-state index contributed by atoms with van der Waals surface area (Å²) in [6.45, 7) is 1.78. The van der Waals surface area contributed by atoms with Gasteiger partial charge < -0.3 is 15.2 Å². The lowest BCUT2D eigenvalue weighted by atomic mass is 10.0. The van der Waals surface area contributed by atoms with Crippen LogP contribution in [0.4, 0.5) is 14.5 Å². The first-order chi connectivity index (χ1) is 13.4. The van der Waals surface area contributed by atoms with Gasteiger partial charge in [0.25, 0.3) is 5.91 Å². The molecule has 144 valence electrons. The van der Waals surface area contributed by atoms with E-state index >= 15 is 4.39 Å². The van der Waals surface area contributed by atoms with Gasteiger partial charge in [0.15, 0.2) is 17.4 Å². The van der Waals surface area contributed by atoms with Crippen molar-refractivity contribution in [1.29, 1.82) is 0 Å². The Kier molecular flexibility index (Phi) is 5.70. The van der Waals surface area contributed by atoms with E-state index in [4.69, 9.17) is 9.84 Å². The maximum atomic E-state index is 15.0. The molecule has 0 radical (unpaired) electrons. The van der Waals surface area contributed by atoms with Crippen molar-refractivity contribution in [3.63, 3.8) is 0 Å². The third-order valence-corrected chi connectivity index (χ3v) is 4.79. The van der Waals surface area contributed by atoms with Crippen LogP contribution in [0.1, 0.15) is 27.0 Å². The number of carbonyl (C=O) groups excluding carboxylic acids is 1. The fraction of sp³-hybridized carbons (Fsp3) is 0.100. The Hall–Kier alpha value is -3.26. The summed E-state index contributed by atoms with van der Waals surface area (Å²) in [5.74, 6) is -4.49. The summed E-state index contributed by atoms with van der Waals surface area (Å²) < 4.78 is 35.1. The fourth-order valence-corrected chi connectivity index (χ4v) is 3.40. The van der Waals surface area contributed by atoms with Crippen molar-refractivity contribution >= 4 is 28.9 Å². The van der Waals surface area contributed by atoms with Crippen molar-refractivity contribution in [3.8, 4) is 16.9 Å². The molecule has 1 aromatic heterocycles. The summed E-state index contributed by atoms with van der Waals surface area (Å²) in [6, 6.07) is 10.9. The number of nitrogens with one attached hydrogen (secondary N) is 1. The zero-order valence-corrected chi connectivity index (χ0v) is 15.5. The molecule has 0 aliphatic heterocycles. The number of amides is 1. The largest absolute Gasteiger partial charge is 0.490 e. The second-order valence-electron chi connectivity index (χ2n) is 5.65. The summed E-state index contributed by atoms with van der Waals surface area (Å²) in [5.41, 5.74) is -0.123. The molecule has 0 unspecified atom stereocenters. The maximum absolute atomic E-state index is 15.0. The highest BCUT2D eigenvalue weighted by Crippen LogP contribution is 2.38. The van der Waals surface area contributed by atoms with Crippen molar-refractivity contribution in [1.82, 2.24) is 0 Å². The summed E-state index contributed by atoms with van der Waals surface area (Å²) in [5, 5.41) is 12.7. The van der Waals surface area contributed by atoms with Gasteiger partial charge in [-0.1, -0.05) is 30.3 Å². The van der Waals surface area contributed by atoms with E-state index in [0.717, 1.165) is 17.4 Å². The van der Waals surface area contributed by atoms with Crippen LogP contribution in [0.2, 0.25) is 0 Å². The van der Waals surface area contributed by atoms with Gasteiger partial charge in [0.1, 0.15) is 10.6 Å². The van der Waals surface area contributed by atoms with Crippen LogP contribution in [-0.4, -0.2) is 23.6 Å². The van der Waals surface area contributed by atoms with Crippen LogP contribution < -0.4 is 10.1 Å². The highest BCUT2D eigenvalue weighted by molar-refractivity contribution is 7.12. The van der Waals surface area contributed by atoms with Gasteiger partial charge in [-0.2, -0.15) is 0 Å².